The second-order valence-corrected chi connectivity index (χ2v) is 5.33. The number of carbonyl (C=O) groups excluding carboxylic acids is 2. The van der Waals surface area contributed by atoms with Crippen LogP contribution in [0.4, 0.5) is 4.79 Å². The Bertz CT molecular complexity index is 764. The van der Waals surface area contributed by atoms with Gasteiger partial charge in [-0.3, -0.25) is 0 Å². The maximum absolute atomic E-state index is 12.4. The molecule has 0 saturated heterocycles. The maximum atomic E-state index is 12.4. The zero-order chi connectivity index (χ0) is 14.3. The molecule has 0 aromatic heterocycles. The van der Waals surface area contributed by atoms with Gasteiger partial charge in [-0.15, -0.1) is 0 Å². The van der Waals surface area contributed by atoms with Gasteiger partial charge in [0.05, 0.1) is 0 Å². The third-order valence-electron chi connectivity index (χ3n) is 3.01. The van der Waals surface area contributed by atoms with Crippen LogP contribution >= 0.6 is 0 Å². The Kier molecular flexibility index (Phi) is 3.01. The fraction of sp³-hybridized carbons (Fsp3) is 0. The molecule has 0 heterocycles. The van der Waals surface area contributed by atoms with E-state index in [-0.39, 0.29) is 17.1 Å². The third kappa shape index (κ3) is 1.97. The van der Waals surface area contributed by atoms with Crippen molar-refractivity contribution in [3.63, 3.8) is 0 Å². The number of ketones is 2. The SMILES string of the molecule is O=[C](O)[Cu][c]1ccc2c(c1)C(=O)c1ccccc1C2=O. The summed E-state index contributed by atoms with van der Waals surface area (Å²) in [6, 6.07) is 11.1. The summed E-state index contributed by atoms with van der Waals surface area (Å²) in [5.41, 5.74) is 1.34. The van der Waals surface area contributed by atoms with Crippen molar-refractivity contribution in [1.82, 2.24) is 0 Å². The van der Waals surface area contributed by atoms with E-state index in [9.17, 15) is 14.4 Å². The number of carboxylic acid groups (broad SMARTS) is 1. The normalized spacial score (nSPS) is 13.0. The molecule has 20 heavy (non-hydrogen) atoms. The van der Waals surface area contributed by atoms with Gasteiger partial charge in [-0.1, -0.05) is 0 Å². The average Bonchev–Trinajstić information content (AvgIpc) is 2.44. The van der Waals surface area contributed by atoms with Crippen LogP contribution in [-0.4, -0.2) is 21.5 Å². The van der Waals surface area contributed by atoms with Crippen LogP contribution in [0.25, 0.3) is 0 Å². The van der Waals surface area contributed by atoms with Crippen LogP contribution in [-0.2, 0) is 15.0 Å². The van der Waals surface area contributed by atoms with E-state index >= 15 is 0 Å². The molecule has 0 aliphatic heterocycles. The van der Waals surface area contributed by atoms with Gasteiger partial charge in [-0.05, 0) is 0 Å². The second kappa shape index (κ2) is 4.71. The van der Waals surface area contributed by atoms with Crippen molar-refractivity contribution >= 4 is 20.9 Å². The number of hydrogen-bond donors (Lipinski definition) is 1. The van der Waals surface area contributed by atoms with Gasteiger partial charge in [-0.25, -0.2) is 0 Å². The summed E-state index contributed by atoms with van der Waals surface area (Å²) < 4.78 is 0.417. The topological polar surface area (TPSA) is 71.4 Å². The van der Waals surface area contributed by atoms with Crippen LogP contribution in [0.5, 0.6) is 0 Å². The summed E-state index contributed by atoms with van der Waals surface area (Å²) in [5.74, 6) is -0.456. The van der Waals surface area contributed by atoms with E-state index < -0.39 is 4.87 Å². The first-order chi connectivity index (χ1) is 9.58. The zero-order valence-corrected chi connectivity index (χ0v) is 11.0. The molecule has 0 atom stereocenters. The Morgan fingerprint density at radius 3 is 2.00 bits per heavy atom. The molecule has 3 rings (SSSR count). The van der Waals surface area contributed by atoms with Crippen LogP contribution in [0.2, 0.25) is 0 Å². The molecular weight excluding hydrogens is 308 g/mol. The molecule has 0 spiro atoms. The summed E-state index contributed by atoms with van der Waals surface area (Å²) in [6.07, 6.45) is 0. The van der Waals surface area contributed by atoms with E-state index in [4.69, 9.17) is 5.11 Å². The Balaban J connectivity index is 2.16. The van der Waals surface area contributed by atoms with Crippen LogP contribution in [0, 0.1) is 0 Å². The second-order valence-electron chi connectivity index (χ2n) is 4.15. The van der Waals surface area contributed by atoms with Crippen molar-refractivity contribution in [1.29, 1.82) is 0 Å². The molecule has 2 aromatic rings. The van der Waals surface area contributed by atoms with E-state index in [1.807, 2.05) is 0 Å². The molecule has 1 aliphatic rings. The molecule has 2 aromatic carbocycles. The van der Waals surface area contributed by atoms with Crippen molar-refractivity contribution in [3.05, 3.63) is 64.7 Å². The van der Waals surface area contributed by atoms with Crippen LogP contribution in [0.15, 0.2) is 42.5 Å². The van der Waals surface area contributed by atoms with E-state index in [0.29, 0.717) is 36.1 Å². The Morgan fingerprint density at radius 1 is 0.850 bits per heavy atom. The van der Waals surface area contributed by atoms with Crippen molar-refractivity contribution in [2.24, 2.45) is 0 Å². The fourth-order valence-electron chi connectivity index (χ4n) is 2.18. The molecular formula is C15H8CuO4. The van der Waals surface area contributed by atoms with Gasteiger partial charge in [0, 0.05) is 0 Å². The molecule has 0 unspecified atom stereocenters. The molecule has 1 aliphatic carbocycles. The first-order valence-electron chi connectivity index (χ1n) is 5.70. The Morgan fingerprint density at radius 2 is 1.40 bits per heavy atom. The number of fused-ring (bicyclic) bond motifs is 2. The summed E-state index contributed by atoms with van der Waals surface area (Å²) in [6.45, 7) is 0. The van der Waals surface area contributed by atoms with E-state index in [1.54, 1.807) is 24.3 Å². The molecule has 0 radical (unpaired) electrons. The van der Waals surface area contributed by atoms with Gasteiger partial charge in [0.2, 0.25) is 0 Å². The zero-order valence-electron chi connectivity index (χ0n) is 10.0. The predicted molar refractivity (Wildman–Crippen MR) is 67.4 cm³/mol. The van der Waals surface area contributed by atoms with E-state index in [0.717, 1.165) is 0 Å². The summed E-state index contributed by atoms with van der Waals surface area (Å²) in [5, 5.41) is 8.75. The molecule has 5 heteroatoms. The van der Waals surface area contributed by atoms with Gasteiger partial charge < -0.3 is 0 Å². The van der Waals surface area contributed by atoms with E-state index in [1.165, 1.54) is 18.2 Å². The number of benzene rings is 2. The van der Waals surface area contributed by atoms with Crippen molar-refractivity contribution < 1.29 is 34.4 Å². The third-order valence-corrected chi connectivity index (χ3v) is 3.78. The van der Waals surface area contributed by atoms with Gasteiger partial charge >= 0.3 is 120 Å². The van der Waals surface area contributed by atoms with Gasteiger partial charge in [0.1, 0.15) is 0 Å². The van der Waals surface area contributed by atoms with Crippen molar-refractivity contribution in [2.75, 3.05) is 0 Å². The first kappa shape index (κ1) is 12.8. The molecule has 0 bridgehead atoms. The van der Waals surface area contributed by atoms with Gasteiger partial charge in [-0.2, -0.15) is 0 Å². The first-order valence-corrected chi connectivity index (χ1v) is 6.64. The van der Waals surface area contributed by atoms with Crippen LogP contribution in [0.3, 0.4) is 0 Å². The number of carbonyl (C=O) groups is 3. The van der Waals surface area contributed by atoms with Gasteiger partial charge in [0.25, 0.3) is 0 Å². The molecule has 103 valence electrons. The van der Waals surface area contributed by atoms with Crippen LogP contribution < -0.4 is 4.46 Å². The minimum atomic E-state index is -1.07. The van der Waals surface area contributed by atoms with Crippen molar-refractivity contribution in [2.45, 2.75) is 0 Å². The van der Waals surface area contributed by atoms with E-state index in [2.05, 4.69) is 0 Å². The summed E-state index contributed by atoms with van der Waals surface area (Å²) in [7, 11) is 0. The average molecular weight is 316 g/mol. The van der Waals surface area contributed by atoms with Gasteiger partial charge in [0.15, 0.2) is 0 Å². The molecule has 0 amide bonds. The van der Waals surface area contributed by atoms with Crippen molar-refractivity contribution in [3.8, 4) is 0 Å². The fourth-order valence-corrected chi connectivity index (χ4v) is 2.77. The summed E-state index contributed by atoms with van der Waals surface area (Å²) >= 11 is 0.706. The molecule has 0 saturated carbocycles. The number of rotatable bonds is 2. The Hall–Kier alpha value is -2.23. The minimum absolute atomic E-state index is 0.208. The monoisotopic (exact) mass is 315 g/mol. The Labute approximate surface area is 120 Å². The molecule has 4 nitrogen and oxygen atoms in total. The van der Waals surface area contributed by atoms with Crippen LogP contribution in [0.1, 0.15) is 31.8 Å². The standard InChI is InChI=1S/C14H7O2.CHO2.Cu/c15-13-9-5-1-2-6-10(9)14(16)12-8-4-3-7-11(12)13;2-1-3;/h1-3,5-8H;(H,2,3);. The predicted octanol–water partition coefficient (Wildman–Crippen LogP) is 1.85. The number of hydrogen-bond acceptors (Lipinski definition) is 3. The quantitative estimate of drug-likeness (QED) is 0.733. The molecule has 0 fully saturated rings. The molecule has 1 N–H and O–H groups in total. The summed E-state index contributed by atoms with van der Waals surface area (Å²) in [4.78, 5) is 34.3.